The van der Waals surface area contributed by atoms with Crippen molar-refractivity contribution in [2.45, 2.75) is 6.61 Å². The molecule has 0 aliphatic rings. The summed E-state index contributed by atoms with van der Waals surface area (Å²) in [6, 6.07) is 19.9. The van der Waals surface area contributed by atoms with Crippen LogP contribution in [-0.4, -0.2) is 6.21 Å². The molecule has 0 heterocycles. The highest BCUT2D eigenvalue weighted by atomic mass is 19.1. The summed E-state index contributed by atoms with van der Waals surface area (Å²) in [5.74, 6) is -0.661. The van der Waals surface area contributed by atoms with Crippen LogP contribution in [0.3, 0.4) is 0 Å². The Kier molecular flexibility index (Phi) is 5.36. The predicted octanol–water partition coefficient (Wildman–Crippen LogP) is 4.99. The molecule has 0 saturated carbocycles. The lowest BCUT2D eigenvalue weighted by Gasteiger charge is -2.08. The number of para-hydroxylation sites is 1. The van der Waals surface area contributed by atoms with Crippen LogP contribution < -0.4 is 10.2 Å². The van der Waals surface area contributed by atoms with E-state index in [2.05, 4.69) is 10.5 Å². The summed E-state index contributed by atoms with van der Waals surface area (Å²) in [5, 5.41) is 4.07. The molecule has 0 bridgehead atoms. The first-order valence-electron chi connectivity index (χ1n) is 7.71. The molecule has 126 valence electrons. The van der Waals surface area contributed by atoms with Crippen LogP contribution in [0, 0.1) is 11.6 Å². The minimum Gasteiger partial charge on any atom is -0.486 e. The molecule has 0 saturated heterocycles. The van der Waals surface area contributed by atoms with Gasteiger partial charge in [-0.15, -0.1) is 0 Å². The predicted molar refractivity (Wildman–Crippen MR) is 94.8 cm³/mol. The van der Waals surface area contributed by atoms with E-state index in [1.807, 2.05) is 30.3 Å². The van der Waals surface area contributed by atoms with Crippen LogP contribution >= 0.6 is 0 Å². The van der Waals surface area contributed by atoms with Gasteiger partial charge in [-0.25, -0.2) is 8.78 Å². The molecule has 5 heteroatoms. The van der Waals surface area contributed by atoms with Crippen molar-refractivity contribution in [2.75, 3.05) is 5.43 Å². The van der Waals surface area contributed by atoms with Crippen molar-refractivity contribution in [3.63, 3.8) is 0 Å². The molecular formula is C20H16F2N2O. The van der Waals surface area contributed by atoms with Crippen LogP contribution in [0.2, 0.25) is 0 Å². The Labute approximate surface area is 144 Å². The molecule has 25 heavy (non-hydrogen) atoms. The highest BCUT2D eigenvalue weighted by Crippen LogP contribution is 2.19. The van der Waals surface area contributed by atoms with E-state index in [0.29, 0.717) is 5.56 Å². The van der Waals surface area contributed by atoms with Gasteiger partial charge in [-0.1, -0.05) is 30.3 Å². The first-order valence-corrected chi connectivity index (χ1v) is 7.71. The molecule has 0 aromatic heterocycles. The maximum absolute atomic E-state index is 14.1. The zero-order valence-electron chi connectivity index (χ0n) is 13.3. The van der Waals surface area contributed by atoms with Crippen molar-refractivity contribution in [1.29, 1.82) is 0 Å². The number of anilines is 1. The second kappa shape index (κ2) is 8.06. The van der Waals surface area contributed by atoms with Crippen LogP contribution in [0.25, 0.3) is 0 Å². The number of nitrogens with one attached hydrogen (secondary N) is 1. The Bertz CT molecular complexity index is 849. The molecular weight excluding hydrogens is 322 g/mol. The molecule has 3 aromatic carbocycles. The highest BCUT2D eigenvalue weighted by molar-refractivity contribution is 5.80. The summed E-state index contributed by atoms with van der Waals surface area (Å²) in [6.45, 7) is 0.167. The Morgan fingerprint density at radius 3 is 2.40 bits per heavy atom. The lowest BCUT2D eigenvalue weighted by molar-refractivity contribution is 0.290. The summed E-state index contributed by atoms with van der Waals surface area (Å²) in [6.07, 6.45) is 1.53. The number of rotatable bonds is 6. The summed E-state index contributed by atoms with van der Waals surface area (Å²) in [4.78, 5) is 0. The fourth-order valence-corrected chi connectivity index (χ4v) is 2.15. The van der Waals surface area contributed by atoms with Crippen molar-refractivity contribution in [1.82, 2.24) is 0 Å². The third-order valence-electron chi connectivity index (χ3n) is 3.44. The van der Waals surface area contributed by atoms with Gasteiger partial charge in [-0.3, -0.25) is 5.43 Å². The molecule has 3 rings (SSSR count). The standard InChI is InChI=1S/C20H16F2N2O/c21-17-9-6-15(7-10-17)14-25-20-11-8-16(12-19(20)22)13-23-24-18-4-2-1-3-5-18/h1-13,24H,14H2. The highest BCUT2D eigenvalue weighted by Gasteiger charge is 2.05. The van der Waals surface area contributed by atoms with Gasteiger partial charge in [0.25, 0.3) is 0 Å². The van der Waals surface area contributed by atoms with Crippen LogP contribution in [0.15, 0.2) is 77.9 Å². The van der Waals surface area contributed by atoms with Crippen LogP contribution in [0.1, 0.15) is 11.1 Å². The van der Waals surface area contributed by atoms with E-state index in [0.717, 1.165) is 11.3 Å². The minimum atomic E-state index is -0.481. The average Bonchev–Trinajstić information content (AvgIpc) is 2.63. The van der Waals surface area contributed by atoms with Gasteiger partial charge in [-0.05, 0) is 53.6 Å². The largest absolute Gasteiger partial charge is 0.486 e. The SMILES string of the molecule is Fc1ccc(COc2ccc(C=NNc3ccccc3)cc2F)cc1. The van der Waals surface area contributed by atoms with Gasteiger partial charge in [0.1, 0.15) is 12.4 Å². The fourth-order valence-electron chi connectivity index (χ4n) is 2.15. The van der Waals surface area contributed by atoms with Crippen molar-refractivity contribution in [3.8, 4) is 5.75 Å². The molecule has 0 atom stereocenters. The second-order valence-electron chi connectivity index (χ2n) is 5.34. The molecule has 3 nitrogen and oxygen atoms in total. The summed E-state index contributed by atoms with van der Waals surface area (Å²) >= 11 is 0. The third-order valence-corrected chi connectivity index (χ3v) is 3.44. The topological polar surface area (TPSA) is 33.6 Å². The first kappa shape index (κ1) is 16.6. The van der Waals surface area contributed by atoms with E-state index < -0.39 is 5.82 Å². The molecule has 0 aliphatic carbocycles. The normalized spacial score (nSPS) is 10.8. The van der Waals surface area contributed by atoms with E-state index in [-0.39, 0.29) is 18.2 Å². The summed E-state index contributed by atoms with van der Waals surface area (Å²) in [7, 11) is 0. The molecule has 0 spiro atoms. The number of nitrogens with zero attached hydrogens (tertiary/aromatic N) is 1. The molecule has 0 radical (unpaired) electrons. The number of halogens is 2. The molecule has 3 aromatic rings. The van der Waals surface area contributed by atoms with E-state index in [1.54, 1.807) is 24.3 Å². The Hall–Kier alpha value is -3.21. The van der Waals surface area contributed by atoms with Gasteiger partial charge in [0, 0.05) is 0 Å². The van der Waals surface area contributed by atoms with Crippen molar-refractivity contribution < 1.29 is 13.5 Å². The second-order valence-corrected chi connectivity index (χ2v) is 5.34. The monoisotopic (exact) mass is 338 g/mol. The fraction of sp³-hybridized carbons (Fsp3) is 0.0500. The molecule has 0 unspecified atom stereocenters. The number of hydrazone groups is 1. The maximum atomic E-state index is 14.1. The third kappa shape index (κ3) is 4.88. The average molecular weight is 338 g/mol. The Balaban J connectivity index is 1.59. The molecule has 0 amide bonds. The zero-order valence-corrected chi connectivity index (χ0v) is 13.3. The van der Waals surface area contributed by atoms with Crippen molar-refractivity contribution >= 4 is 11.9 Å². The number of benzene rings is 3. The quantitative estimate of drug-likeness (QED) is 0.507. The van der Waals surface area contributed by atoms with E-state index >= 15 is 0 Å². The maximum Gasteiger partial charge on any atom is 0.165 e. The smallest absolute Gasteiger partial charge is 0.165 e. The van der Waals surface area contributed by atoms with Crippen molar-refractivity contribution in [3.05, 3.63) is 95.6 Å². The first-order chi connectivity index (χ1) is 12.2. The number of hydrogen-bond acceptors (Lipinski definition) is 3. The lowest BCUT2D eigenvalue weighted by Crippen LogP contribution is -1.98. The summed E-state index contributed by atoms with van der Waals surface area (Å²) < 4.78 is 32.4. The van der Waals surface area contributed by atoms with Gasteiger partial charge in [0.2, 0.25) is 0 Å². The number of hydrogen-bond donors (Lipinski definition) is 1. The van der Waals surface area contributed by atoms with Gasteiger partial charge < -0.3 is 4.74 Å². The molecule has 0 fully saturated rings. The van der Waals surface area contributed by atoms with Crippen LogP contribution in [-0.2, 0) is 6.61 Å². The van der Waals surface area contributed by atoms with Crippen LogP contribution in [0.5, 0.6) is 5.75 Å². The molecule has 0 aliphatic heterocycles. The zero-order chi connectivity index (χ0) is 17.5. The van der Waals surface area contributed by atoms with E-state index in [9.17, 15) is 8.78 Å². The van der Waals surface area contributed by atoms with Crippen molar-refractivity contribution in [2.24, 2.45) is 5.10 Å². The number of ether oxygens (including phenoxy) is 1. The lowest BCUT2D eigenvalue weighted by atomic mass is 10.2. The van der Waals surface area contributed by atoms with E-state index in [1.165, 1.54) is 24.4 Å². The van der Waals surface area contributed by atoms with Crippen LogP contribution in [0.4, 0.5) is 14.5 Å². The Morgan fingerprint density at radius 2 is 1.68 bits per heavy atom. The Morgan fingerprint density at radius 1 is 0.920 bits per heavy atom. The molecule has 1 N–H and O–H groups in total. The van der Waals surface area contributed by atoms with E-state index in [4.69, 9.17) is 4.74 Å². The minimum absolute atomic E-state index is 0.137. The summed E-state index contributed by atoms with van der Waals surface area (Å²) in [5.41, 5.74) is 5.08. The van der Waals surface area contributed by atoms with Gasteiger partial charge >= 0.3 is 0 Å². The van der Waals surface area contributed by atoms with Gasteiger partial charge in [0.15, 0.2) is 11.6 Å². The van der Waals surface area contributed by atoms with Gasteiger partial charge in [0.05, 0.1) is 11.9 Å². The van der Waals surface area contributed by atoms with Gasteiger partial charge in [-0.2, -0.15) is 5.10 Å².